The van der Waals surface area contributed by atoms with Crippen LogP contribution in [0.4, 0.5) is 5.69 Å². The summed E-state index contributed by atoms with van der Waals surface area (Å²) in [4.78, 5) is 16.0. The van der Waals surface area contributed by atoms with Gasteiger partial charge in [-0.25, -0.2) is 0 Å². The molecule has 1 amide bonds. The molecule has 0 saturated heterocycles. The molecule has 2 heterocycles. The van der Waals surface area contributed by atoms with Crippen LogP contribution in [-0.4, -0.2) is 23.9 Å². The molecule has 102 valence electrons. The number of anilines is 1. The molecule has 20 heavy (non-hydrogen) atoms. The van der Waals surface area contributed by atoms with Gasteiger partial charge in [0.15, 0.2) is 0 Å². The maximum Gasteiger partial charge on any atom is 0.219 e. The molecule has 1 aromatic rings. The van der Waals surface area contributed by atoms with Crippen LogP contribution in [0.5, 0.6) is 0 Å². The summed E-state index contributed by atoms with van der Waals surface area (Å²) >= 11 is 0. The molecule has 0 unspecified atom stereocenters. The van der Waals surface area contributed by atoms with Crippen LogP contribution in [-0.2, 0) is 11.3 Å². The number of hydrogen-bond acceptors (Lipinski definition) is 2. The lowest BCUT2D eigenvalue weighted by molar-refractivity contribution is -0.129. The summed E-state index contributed by atoms with van der Waals surface area (Å²) < 4.78 is 0. The summed E-state index contributed by atoms with van der Waals surface area (Å²) in [5.74, 6) is 0.162. The van der Waals surface area contributed by atoms with Gasteiger partial charge in [-0.1, -0.05) is 24.3 Å². The molecule has 1 aromatic carbocycles. The van der Waals surface area contributed by atoms with Crippen molar-refractivity contribution in [2.75, 3.05) is 18.0 Å². The lowest BCUT2D eigenvalue weighted by Gasteiger charge is -2.29. The maximum absolute atomic E-state index is 11.7. The average molecular weight is 266 g/mol. The van der Waals surface area contributed by atoms with Crippen LogP contribution >= 0.6 is 0 Å². The zero-order valence-corrected chi connectivity index (χ0v) is 11.7. The standard InChI is InChI=1S/C17H18N2O/c1-12(20)18-8-9-19-10-13-4-2-6-15(13)16-7-3-5-14(11-18)17(16)19/h3,5-7,10H,2,4,8-9,11H2,1H3. The normalized spacial score (nSPS) is 19.9. The summed E-state index contributed by atoms with van der Waals surface area (Å²) in [5.41, 5.74) is 6.79. The Morgan fingerprint density at radius 1 is 1.25 bits per heavy atom. The first-order valence-corrected chi connectivity index (χ1v) is 7.29. The third kappa shape index (κ3) is 1.62. The first kappa shape index (κ1) is 11.8. The fraction of sp³-hybridized carbons (Fsp3) is 0.353. The maximum atomic E-state index is 11.7. The largest absolute Gasteiger partial charge is 0.345 e. The molecule has 0 N–H and O–H groups in total. The molecule has 0 bridgehead atoms. The van der Waals surface area contributed by atoms with Crippen molar-refractivity contribution < 1.29 is 4.79 Å². The third-order valence-corrected chi connectivity index (χ3v) is 4.53. The van der Waals surface area contributed by atoms with Gasteiger partial charge in [-0.2, -0.15) is 0 Å². The topological polar surface area (TPSA) is 23.6 Å². The van der Waals surface area contributed by atoms with Gasteiger partial charge in [0.25, 0.3) is 0 Å². The van der Waals surface area contributed by atoms with Gasteiger partial charge in [-0.15, -0.1) is 0 Å². The minimum atomic E-state index is 0.162. The molecule has 0 saturated carbocycles. The van der Waals surface area contributed by atoms with Crippen molar-refractivity contribution in [3.63, 3.8) is 0 Å². The molecule has 1 aliphatic carbocycles. The second-order valence-corrected chi connectivity index (χ2v) is 5.76. The quantitative estimate of drug-likeness (QED) is 0.721. The van der Waals surface area contributed by atoms with Crippen molar-refractivity contribution in [3.8, 4) is 0 Å². The Morgan fingerprint density at radius 2 is 2.15 bits per heavy atom. The molecular formula is C17H18N2O. The molecule has 0 fully saturated rings. The Hall–Kier alpha value is -2.03. The van der Waals surface area contributed by atoms with Crippen molar-refractivity contribution in [3.05, 3.63) is 47.2 Å². The second-order valence-electron chi connectivity index (χ2n) is 5.76. The highest BCUT2D eigenvalue weighted by Gasteiger charge is 2.29. The molecular weight excluding hydrogens is 248 g/mol. The fourth-order valence-corrected chi connectivity index (χ4v) is 3.54. The van der Waals surface area contributed by atoms with Gasteiger partial charge in [0, 0.05) is 38.3 Å². The van der Waals surface area contributed by atoms with E-state index >= 15 is 0 Å². The molecule has 0 atom stereocenters. The number of para-hydroxylation sites is 1. The lowest BCUT2D eigenvalue weighted by Crippen LogP contribution is -2.32. The number of fused-ring (bicyclic) bond motifs is 2. The van der Waals surface area contributed by atoms with Gasteiger partial charge < -0.3 is 9.80 Å². The highest BCUT2D eigenvalue weighted by Crippen LogP contribution is 2.44. The Labute approximate surface area is 119 Å². The number of nitrogens with zero attached hydrogens (tertiary/aromatic N) is 2. The molecule has 3 nitrogen and oxygen atoms in total. The number of benzene rings is 1. The zero-order valence-electron chi connectivity index (χ0n) is 11.7. The van der Waals surface area contributed by atoms with E-state index in [1.165, 1.54) is 28.0 Å². The van der Waals surface area contributed by atoms with Gasteiger partial charge in [-0.3, -0.25) is 4.79 Å². The number of allylic oxidation sites excluding steroid dienone is 3. The Morgan fingerprint density at radius 3 is 3.00 bits per heavy atom. The van der Waals surface area contributed by atoms with Crippen LogP contribution in [0, 0.1) is 0 Å². The van der Waals surface area contributed by atoms with Gasteiger partial charge in [0.1, 0.15) is 0 Å². The third-order valence-electron chi connectivity index (χ3n) is 4.53. The van der Waals surface area contributed by atoms with Crippen LogP contribution in [0.1, 0.15) is 30.9 Å². The average Bonchev–Trinajstić information content (AvgIpc) is 2.82. The molecule has 4 rings (SSSR count). The van der Waals surface area contributed by atoms with E-state index in [9.17, 15) is 4.79 Å². The van der Waals surface area contributed by atoms with Crippen LogP contribution in [0.15, 0.2) is 36.0 Å². The van der Waals surface area contributed by atoms with Gasteiger partial charge in [0.2, 0.25) is 5.91 Å². The van der Waals surface area contributed by atoms with E-state index in [-0.39, 0.29) is 5.91 Å². The predicted octanol–water partition coefficient (Wildman–Crippen LogP) is 2.93. The monoisotopic (exact) mass is 266 g/mol. The minimum Gasteiger partial charge on any atom is -0.345 e. The predicted molar refractivity (Wildman–Crippen MR) is 80.2 cm³/mol. The first-order valence-electron chi connectivity index (χ1n) is 7.29. The summed E-state index contributed by atoms with van der Waals surface area (Å²) in [6.45, 7) is 4.08. The number of rotatable bonds is 0. The number of amides is 1. The van der Waals surface area contributed by atoms with Crippen molar-refractivity contribution in [1.29, 1.82) is 0 Å². The van der Waals surface area contributed by atoms with Crippen molar-refractivity contribution >= 4 is 17.2 Å². The van der Waals surface area contributed by atoms with E-state index in [1.54, 1.807) is 6.92 Å². The molecule has 0 radical (unpaired) electrons. The molecule has 3 aliphatic rings. The summed E-state index contributed by atoms with van der Waals surface area (Å²) in [6.07, 6.45) is 6.95. The van der Waals surface area contributed by atoms with Gasteiger partial charge >= 0.3 is 0 Å². The summed E-state index contributed by atoms with van der Waals surface area (Å²) in [6, 6.07) is 6.50. The highest BCUT2D eigenvalue weighted by molar-refractivity contribution is 5.92. The zero-order chi connectivity index (χ0) is 13.7. The van der Waals surface area contributed by atoms with Gasteiger partial charge in [-0.05, 0) is 29.6 Å². The number of carbonyl (C=O) groups is 1. The van der Waals surface area contributed by atoms with E-state index in [1.807, 2.05) is 4.90 Å². The van der Waals surface area contributed by atoms with Gasteiger partial charge in [0.05, 0.1) is 5.69 Å². The van der Waals surface area contributed by atoms with E-state index in [0.717, 1.165) is 32.5 Å². The van der Waals surface area contributed by atoms with E-state index < -0.39 is 0 Å². The molecule has 2 aliphatic heterocycles. The van der Waals surface area contributed by atoms with Crippen LogP contribution < -0.4 is 4.90 Å². The summed E-state index contributed by atoms with van der Waals surface area (Å²) in [5, 5.41) is 0. The van der Waals surface area contributed by atoms with E-state index in [2.05, 4.69) is 35.4 Å². The van der Waals surface area contributed by atoms with Crippen molar-refractivity contribution in [2.24, 2.45) is 0 Å². The Kier molecular flexibility index (Phi) is 2.49. The SMILES string of the molecule is CC(=O)N1CCN2C=C3CCC=C3c3cccc(c32)C1. The van der Waals surface area contributed by atoms with E-state index in [4.69, 9.17) is 0 Å². The summed E-state index contributed by atoms with van der Waals surface area (Å²) in [7, 11) is 0. The lowest BCUT2D eigenvalue weighted by atomic mass is 9.93. The molecule has 0 aromatic heterocycles. The fourth-order valence-electron chi connectivity index (χ4n) is 3.54. The van der Waals surface area contributed by atoms with Crippen LogP contribution in [0.2, 0.25) is 0 Å². The second kappa shape index (κ2) is 4.23. The van der Waals surface area contributed by atoms with Crippen molar-refractivity contribution in [1.82, 2.24) is 4.90 Å². The van der Waals surface area contributed by atoms with E-state index in [0.29, 0.717) is 0 Å². The molecule has 0 spiro atoms. The molecule has 3 heteroatoms. The Bertz CT molecular complexity index is 657. The number of carbonyl (C=O) groups excluding carboxylic acids is 1. The van der Waals surface area contributed by atoms with Crippen molar-refractivity contribution in [2.45, 2.75) is 26.3 Å². The highest BCUT2D eigenvalue weighted by atomic mass is 16.2. The van der Waals surface area contributed by atoms with Crippen LogP contribution in [0.3, 0.4) is 0 Å². The number of hydrogen-bond donors (Lipinski definition) is 0. The first-order chi connectivity index (χ1) is 9.74. The minimum absolute atomic E-state index is 0.162. The smallest absolute Gasteiger partial charge is 0.219 e. The Balaban J connectivity index is 1.88. The van der Waals surface area contributed by atoms with Crippen LogP contribution in [0.25, 0.3) is 5.57 Å².